The van der Waals surface area contributed by atoms with Crippen molar-refractivity contribution in [2.24, 2.45) is 0 Å². The molecule has 7 heteroatoms. The van der Waals surface area contributed by atoms with Crippen LogP contribution in [0.15, 0.2) is 42.7 Å². The Balaban J connectivity index is 1.51. The molecular weight excluding hydrogens is 346 g/mol. The van der Waals surface area contributed by atoms with Crippen molar-refractivity contribution in [3.05, 3.63) is 54.1 Å². The summed E-state index contributed by atoms with van der Waals surface area (Å²) in [5.74, 6) is 0.210. The number of aromatic nitrogens is 3. The molecule has 1 aliphatic carbocycles. The highest BCUT2D eigenvalue weighted by Gasteiger charge is 2.61. The molecule has 2 aromatic heterocycles. The Kier molecular flexibility index (Phi) is 3.33. The van der Waals surface area contributed by atoms with Crippen LogP contribution in [-0.2, 0) is 10.2 Å². The third-order valence-corrected chi connectivity index (χ3v) is 5.43. The first-order valence-corrected chi connectivity index (χ1v) is 8.86. The predicted molar refractivity (Wildman–Crippen MR) is 96.2 cm³/mol. The number of esters is 1. The molecule has 0 spiro atoms. The van der Waals surface area contributed by atoms with Crippen LogP contribution in [0, 0.1) is 0 Å². The predicted octanol–water partition coefficient (Wildman–Crippen LogP) is 2.78. The van der Waals surface area contributed by atoms with Gasteiger partial charge in [0.15, 0.2) is 5.69 Å². The fraction of sp³-hybridized carbons (Fsp3) is 0.350. The Hall–Kier alpha value is -2.93. The average molecular weight is 365 g/mol. The fourth-order valence-corrected chi connectivity index (χ4v) is 4.26. The van der Waals surface area contributed by atoms with Crippen molar-refractivity contribution in [2.75, 3.05) is 13.7 Å². The molecule has 27 heavy (non-hydrogen) atoms. The number of benzene rings is 1. The third kappa shape index (κ3) is 2.49. The van der Waals surface area contributed by atoms with E-state index >= 15 is 0 Å². The summed E-state index contributed by atoms with van der Waals surface area (Å²) in [6.07, 6.45) is 5.49. The molecule has 7 nitrogen and oxygen atoms in total. The first kappa shape index (κ1) is 16.3. The van der Waals surface area contributed by atoms with Gasteiger partial charge in [-0.25, -0.2) is 14.8 Å². The van der Waals surface area contributed by atoms with Crippen molar-refractivity contribution < 1.29 is 19.0 Å². The number of imidazole rings is 1. The maximum Gasteiger partial charge on any atom is 0.364 e. The Morgan fingerprint density at radius 1 is 1.19 bits per heavy atom. The van der Waals surface area contributed by atoms with E-state index in [1.165, 1.54) is 7.11 Å². The van der Waals surface area contributed by atoms with Crippen molar-refractivity contribution in [2.45, 2.75) is 30.8 Å². The van der Waals surface area contributed by atoms with Gasteiger partial charge in [-0.15, -0.1) is 0 Å². The molecule has 2 bridgehead atoms. The number of carbonyl (C=O) groups excluding carboxylic acids is 1. The molecule has 0 atom stereocenters. The summed E-state index contributed by atoms with van der Waals surface area (Å²) < 4.78 is 18.4. The first-order valence-electron chi connectivity index (χ1n) is 8.86. The van der Waals surface area contributed by atoms with Gasteiger partial charge in [-0.2, -0.15) is 0 Å². The van der Waals surface area contributed by atoms with Gasteiger partial charge in [0.05, 0.1) is 25.0 Å². The second-order valence-corrected chi connectivity index (χ2v) is 7.57. The Morgan fingerprint density at radius 2 is 1.96 bits per heavy atom. The molecule has 3 fully saturated rings. The van der Waals surface area contributed by atoms with Crippen LogP contribution in [0.4, 0.5) is 0 Å². The van der Waals surface area contributed by atoms with E-state index in [-0.39, 0.29) is 16.7 Å². The van der Waals surface area contributed by atoms with E-state index in [0.29, 0.717) is 23.9 Å². The molecule has 3 aliphatic rings. The molecule has 2 saturated heterocycles. The van der Waals surface area contributed by atoms with Crippen LogP contribution in [0.1, 0.15) is 35.9 Å². The van der Waals surface area contributed by atoms with Gasteiger partial charge >= 0.3 is 5.97 Å². The largest absolute Gasteiger partial charge is 0.478 e. The van der Waals surface area contributed by atoms with Crippen LogP contribution in [-0.4, -0.2) is 39.7 Å². The molecule has 1 saturated carbocycles. The summed E-state index contributed by atoms with van der Waals surface area (Å²) in [5, 5.41) is 0. The Labute approximate surface area is 155 Å². The van der Waals surface area contributed by atoms with Crippen LogP contribution in [0.25, 0.3) is 5.65 Å². The van der Waals surface area contributed by atoms with Gasteiger partial charge in [0.25, 0.3) is 5.88 Å². The molecule has 1 aromatic carbocycles. The van der Waals surface area contributed by atoms with Crippen LogP contribution in [0.3, 0.4) is 0 Å². The van der Waals surface area contributed by atoms with E-state index in [9.17, 15) is 4.79 Å². The molecule has 3 aromatic rings. The highest BCUT2D eigenvalue weighted by molar-refractivity contribution is 5.89. The zero-order chi connectivity index (χ0) is 18.6. The number of fused-ring (bicyclic) bond motifs is 2. The lowest BCUT2D eigenvalue weighted by Crippen LogP contribution is -2.45. The molecule has 4 heterocycles. The van der Waals surface area contributed by atoms with Crippen molar-refractivity contribution in [1.29, 1.82) is 0 Å². The molecule has 138 valence electrons. The molecule has 2 aliphatic heterocycles. The second kappa shape index (κ2) is 5.53. The van der Waals surface area contributed by atoms with E-state index in [4.69, 9.17) is 19.2 Å². The highest BCUT2D eigenvalue weighted by Crippen LogP contribution is 2.58. The quantitative estimate of drug-likeness (QED) is 0.523. The SMILES string of the molecule is COc1nc(C(=O)Oc2ccccc2)cn2cc(C34COC(C)(C3)C4)nc12. The molecule has 0 unspecified atom stereocenters. The van der Waals surface area contributed by atoms with E-state index in [1.807, 2.05) is 12.3 Å². The first-order chi connectivity index (χ1) is 13.0. The second-order valence-electron chi connectivity index (χ2n) is 7.57. The van der Waals surface area contributed by atoms with Crippen molar-refractivity contribution in [1.82, 2.24) is 14.4 Å². The minimum Gasteiger partial charge on any atom is -0.478 e. The molecular formula is C20H19N3O4. The van der Waals surface area contributed by atoms with Crippen LogP contribution >= 0.6 is 0 Å². The summed E-state index contributed by atoms with van der Waals surface area (Å²) in [4.78, 5) is 21.5. The molecule has 6 rings (SSSR count). The number of para-hydroxylation sites is 1. The van der Waals surface area contributed by atoms with Crippen LogP contribution < -0.4 is 9.47 Å². The van der Waals surface area contributed by atoms with E-state index < -0.39 is 5.97 Å². The maximum atomic E-state index is 12.5. The number of carbonyl (C=O) groups is 1. The average Bonchev–Trinajstić information content (AvgIpc) is 3.32. The van der Waals surface area contributed by atoms with Gasteiger partial charge in [0.2, 0.25) is 5.65 Å². The van der Waals surface area contributed by atoms with Crippen molar-refractivity contribution in [3.63, 3.8) is 0 Å². The maximum absolute atomic E-state index is 12.5. The number of nitrogens with zero attached hydrogens (tertiary/aromatic N) is 3. The summed E-state index contributed by atoms with van der Waals surface area (Å²) in [5.41, 5.74) is 1.62. The van der Waals surface area contributed by atoms with Gasteiger partial charge in [-0.05, 0) is 31.9 Å². The minimum absolute atomic E-state index is 0.0250. The monoisotopic (exact) mass is 365 g/mol. The van der Waals surface area contributed by atoms with Crippen LogP contribution in [0.5, 0.6) is 11.6 Å². The molecule has 0 amide bonds. The van der Waals surface area contributed by atoms with Gasteiger partial charge < -0.3 is 14.2 Å². The molecule has 0 radical (unpaired) electrons. The normalized spacial score (nSPS) is 26.0. The zero-order valence-corrected chi connectivity index (χ0v) is 15.1. The van der Waals surface area contributed by atoms with Crippen LogP contribution in [0.2, 0.25) is 0 Å². The Morgan fingerprint density at radius 3 is 2.63 bits per heavy atom. The third-order valence-electron chi connectivity index (χ3n) is 5.43. The van der Waals surface area contributed by atoms with Gasteiger partial charge in [-0.3, -0.25) is 4.40 Å². The number of methoxy groups -OCH3 is 1. The number of rotatable bonds is 4. The summed E-state index contributed by atoms with van der Waals surface area (Å²) in [6.45, 7) is 2.81. The lowest BCUT2D eigenvalue weighted by molar-refractivity contribution is 0.0154. The van der Waals surface area contributed by atoms with Gasteiger partial charge in [0.1, 0.15) is 5.75 Å². The summed E-state index contributed by atoms with van der Waals surface area (Å²) in [6, 6.07) is 8.90. The molecule has 0 N–H and O–H groups in total. The summed E-state index contributed by atoms with van der Waals surface area (Å²) >= 11 is 0. The lowest BCUT2D eigenvalue weighted by atomic mass is 9.62. The van der Waals surface area contributed by atoms with E-state index in [0.717, 1.165) is 18.5 Å². The Bertz CT molecular complexity index is 1040. The van der Waals surface area contributed by atoms with E-state index in [1.54, 1.807) is 34.9 Å². The van der Waals surface area contributed by atoms with Crippen molar-refractivity contribution >= 4 is 11.6 Å². The number of hydrogen-bond donors (Lipinski definition) is 0. The number of hydrogen-bond acceptors (Lipinski definition) is 6. The van der Waals surface area contributed by atoms with Gasteiger partial charge in [-0.1, -0.05) is 18.2 Å². The number of ether oxygens (including phenoxy) is 3. The smallest absolute Gasteiger partial charge is 0.364 e. The highest BCUT2D eigenvalue weighted by atomic mass is 16.5. The van der Waals surface area contributed by atoms with E-state index in [2.05, 4.69) is 11.9 Å². The zero-order valence-electron chi connectivity index (χ0n) is 15.1. The topological polar surface area (TPSA) is 75.0 Å². The standard InChI is InChI=1S/C20H19N3O4/c1-19-10-20(11-19,12-26-19)15-9-23-8-14(21-17(25-2)16(23)22-15)18(24)27-13-6-4-3-5-7-13/h3-9H,10-12H2,1-2H3. The lowest BCUT2D eigenvalue weighted by Gasteiger charge is -2.41. The minimum atomic E-state index is -0.546. The summed E-state index contributed by atoms with van der Waals surface area (Å²) in [7, 11) is 1.51. The van der Waals surface area contributed by atoms with Crippen molar-refractivity contribution in [3.8, 4) is 11.6 Å². The fourth-order valence-electron chi connectivity index (χ4n) is 4.26. The van der Waals surface area contributed by atoms with Gasteiger partial charge in [0, 0.05) is 17.8 Å².